The Labute approximate surface area is 255 Å². The molecule has 2 aliphatic rings. The van der Waals surface area contributed by atoms with Crippen molar-refractivity contribution in [3.63, 3.8) is 0 Å². The van der Waals surface area contributed by atoms with E-state index >= 15 is 4.39 Å². The summed E-state index contributed by atoms with van der Waals surface area (Å²) in [5.74, 6) is -0.118. The van der Waals surface area contributed by atoms with Crippen LogP contribution in [0.1, 0.15) is 37.9 Å². The number of aromatic amines is 1. The third-order valence-electron chi connectivity index (χ3n) is 9.00. The highest BCUT2D eigenvalue weighted by Crippen LogP contribution is 2.43. The van der Waals surface area contributed by atoms with E-state index in [4.69, 9.17) is 21.3 Å². The van der Waals surface area contributed by atoms with Crippen molar-refractivity contribution in [3.8, 4) is 17.1 Å². The van der Waals surface area contributed by atoms with Crippen LogP contribution >= 0.6 is 11.6 Å². The first-order valence-electron chi connectivity index (χ1n) is 14.8. The van der Waals surface area contributed by atoms with Crippen LogP contribution in [0.5, 0.6) is 6.01 Å². The number of nitrogens with one attached hydrogen (secondary N) is 1. The molecular weight excluding hydrogens is 569 g/mol. The van der Waals surface area contributed by atoms with Crippen LogP contribution in [-0.2, 0) is 4.79 Å². The quantitative estimate of drug-likeness (QED) is 0.283. The highest BCUT2D eigenvalue weighted by atomic mass is 35.5. The van der Waals surface area contributed by atoms with E-state index in [-0.39, 0.29) is 46.1 Å². The molecule has 2 aliphatic heterocycles. The molecule has 6 rings (SSSR count). The fourth-order valence-corrected chi connectivity index (χ4v) is 6.86. The van der Waals surface area contributed by atoms with E-state index in [0.717, 1.165) is 41.5 Å². The number of hydrogen-bond acceptors (Lipinski definition) is 7. The van der Waals surface area contributed by atoms with E-state index in [9.17, 15) is 4.79 Å². The molecule has 1 N–H and O–H groups in total. The number of ether oxygens (including phenoxy) is 1. The number of carbonyl (C=O) groups excluding carboxylic acids is 1. The van der Waals surface area contributed by atoms with Crippen LogP contribution in [-0.4, -0.2) is 87.3 Å². The summed E-state index contributed by atoms with van der Waals surface area (Å²) < 4.78 is 23.1. The minimum Gasteiger partial charge on any atom is -0.462 e. The Bertz CT molecular complexity index is 1740. The predicted molar refractivity (Wildman–Crippen MR) is 168 cm³/mol. The molecule has 0 radical (unpaired) electrons. The number of nitrogens with zero attached hydrogens (tertiary/aromatic N) is 6. The van der Waals surface area contributed by atoms with Gasteiger partial charge in [0.25, 0.3) is 0 Å². The van der Waals surface area contributed by atoms with E-state index in [0.29, 0.717) is 36.5 Å². The van der Waals surface area contributed by atoms with E-state index < -0.39 is 5.82 Å². The summed E-state index contributed by atoms with van der Waals surface area (Å²) in [6, 6.07) is 5.75. The molecule has 9 nitrogen and oxygen atoms in total. The molecule has 1 amide bonds. The molecule has 11 heteroatoms. The molecule has 3 atom stereocenters. The average Bonchev–Trinajstić information content (AvgIpc) is 3.58. The number of aryl methyl sites for hydroxylation is 2. The zero-order valence-electron chi connectivity index (χ0n) is 25.2. The van der Waals surface area contributed by atoms with Crippen molar-refractivity contribution in [2.24, 2.45) is 0 Å². The number of rotatable bonds is 6. The molecule has 2 saturated heterocycles. The van der Waals surface area contributed by atoms with Crippen molar-refractivity contribution >= 4 is 45.1 Å². The van der Waals surface area contributed by atoms with Gasteiger partial charge in [-0.05, 0) is 77.9 Å². The number of likely N-dealkylation sites (N-methyl/N-ethyl adjacent to an activating group) is 1. The van der Waals surface area contributed by atoms with E-state index in [1.165, 1.54) is 6.08 Å². The zero-order valence-corrected chi connectivity index (χ0v) is 26.0. The predicted octanol–water partition coefficient (Wildman–Crippen LogP) is 5.67. The molecule has 43 heavy (non-hydrogen) atoms. The molecule has 226 valence electrons. The minimum atomic E-state index is -0.536. The maximum absolute atomic E-state index is 16.9. The molecule has 4 heterocycles. The van der Waals surface area contributed by atoms with Gasteiger partial charge in [0, 0.05) is 53.1 Å². The third kappa shape index (κ3) is 5.10. The molecule has 2 fully saturated rings. The van der Waals surface area contributed by atoms with E-state index in [2.05, 4.69) is 38.6 Å². The van der Waals surface area contributed by atoms with Gasteiger partial charge in [-0.3, -0.25) is 9.89 Å². The SMILES string of the molecule is C=CC(=O)N1C[C@H](C)N(c2nc(OC[C@H]3CCCN3C)nc3c(F)c(-c4c(C)ccc5[nH]nc(C)c45)c(Cl)cc23)C[C@H]1C. The number of hydrogen-bond donors (Lipinski definition) is 1. The van der Waals surface area contributed by atoms with E-state index in [1.807, 2.05) is 39.8 Å². The lowest BCUT2D eigenvalue weighted by atomic mass is 9.94. The maximum Gasteiger partial charge on any atom is 0.319 e. The van der Waals surface area contributed by atoms with Crippen molar-refractivity contribution in [1.29, 1.82) is 0 Å². The van der Waals surface area contributed by atoms with Gasteiger partial charge in [0.15, 0.2) is 5.82 Å². The maximum atomic E-state index is 16.9. The highest BCUT2D eigenvalue weighted by molar-refractivity contribution is 6.35. The zero-order chi connectivity index (χ0) is 30.6. The van der Waals surface area contributed by atoms with Crippen molar-refractivity contribution in [2.75, 3.05) is 38.2 Å². The van der Waals surface area contributed by atoms with Crippen molar-refractivity contribution in [1.82, 2.24) is 30.0 Å². The first-order valence-corrected chi connectivity index (χ1v) is 15.1. The van der Waals surface area contributed by atoms with Crippen LogP contribution in [0.4, 0.5) is 10.2 Å². The van der Waals surface area contributed by atoms with Crippen LogP contribution in [0.15, 0.2) is 30.9 Å². The van der Waals surface area contributed by atoms with Crippen molar-refractivity contribution < 1.29 is 13.9 Å². The topological polar surface area (TPSA) is 90.5 Å². The van der Waals surface area contributed by atoms with Crippen molar-refractivity contribution in [3.05, 3.63) is 53.0 Å². The second-order valence-corrected chi connectivity index (χ2v) is 12.3. The molecule has 2 aromatic heterocycles. The van der Waals surface area contributed by atoms with Gasteiger partial charge in [0.05, 0.1) is 16.2 Å². The van der Waals surface area contributed by atoms with Gasteiger partial charge in [-0.1, -0.05) is 24.2 Å². The Morgan fingerprint density at radius 3 is 2.72 bits per heavy atom. The van der Waals surface area contributed by atoms with Gasteiger partial charge in [-0.25, -0.2) is 4.39 Å². The second-order valence-electron chi connectivity index (χ2n) is 11.9. The lowest BCUT2D eigenvalue weighted by Gasteiger charge is -2.44. The van der Waals surface area contributed by atoms with Gasteiger partial charge < -0.3 is 19.4 Å². The summed E-state index contributed by atoms with van der Waals surface area (Å²) in [5, 5.41) is 8.96. The number of amides is 1. The first kappa shape index (κ1) is 29.3. The molecule has 0 saturated carbocycles. The molecule has 4 aromatic rings. The van der Waals surface area contributed by atoms with Crippen LogP contribution < -0.4 is 9.64 Å². The van der Waals surface area contributed by atoms with Crippen molar-refractivity contribution in [2.45, 2.75) is 58.7 Å². The number of H-pyrrole nitrogens is 1. The Hall–Kier alpha value is -3.76. The number of benzene rings is 2. The Kier molecular flexibility index (Phi) is 7.76. The van der Waals surface area contributed by atoms with Gasteiger partial charge in [-0.2, -0.15) is 15.1 Å². The Morgan fingerprint density at radius 1 is 1.21 bits per heavy atom. The van der Waals surface area contributed by atoms with Gasteiger partial charge in [0.2, 0.25) is 5.91 Å². The molecular formula is C32H37ClFN7O2. The number of likely N-dealkylation sites (tertiary alicyclic amines) is 1. The van der Waals surface area contributed by atoms with Crippen LogP contribution in [0.2, 0.25) is 5.02 Å². The molecule has 0 aliphatic carbocycles. The number of aromatic nitrogens is 4. The number of fused-ring (bicyclic) bond motifs is 2. The van der Waals surface area contributed by atoms with Gasteiger partial charge >= 0.3 is 6.01 Å². The first-order chi connectivity index (χ1) is 20.6. The number of carbonyl (C=O) groups is 1. The molecule has 2 aromatic carbocycles. The highest BCUT2D eigenvalue weighted by Gasteiger charge is 2.34. The number of piperazine rings is 1. The fourth-order valence-electron chi connectivity index (χ4n) is 6.58. The fraction of sp³-hybridized carbons (Fsp3) is 0.438. The molecule has 0 spiro atoms. The smallest absolute Gasteiger partial charge is 0.319 e. The standard InChI is InChI=1S/C32H37ClFN7O2/c1-7-25(42)40-14-19(4)41(15-18(40)3)31-22-13-23(33)28(26-17(2)10-11-24-27(26)20(5)37-38-24)29(34)30(22)35-32(36-31)43-16-21-9-8-12-39(21)6/h7,10-11,13,18-19,21H,1,8-9,12,14-16H2,2-6H3,(H,37,38)/t18-,19+,21-/m1/s1. The third-order valence-corrected chi connectivity index (χ3v) is 9.30. The Balaban J connectivity index is 1.52. The molecule has 0 unspecified atom stereocenters. The summed E-state index contributed by atoms with van der Waals surface area (Å²) in [6.07, 6.45) is 3.46. The lowest BCUT2D eigenvalue weighted by Crippen LogP contribution is -2.58. The summed E-state index contributed by atoms with van der Waals surface area (Å²) in [7, 11) is 2.08. The average molecular weight is 606 g/mol. The minimum absolute atomic E-state index is 0.113. The summed E-state index contributed by atoms with van der Waals surface area (Å²) in [4.78, 5) is 28.2. The van der Waals surface area contributed by atoms with Gasteiger partial charge in [-0.15, -0.1) is 0 Å². The number of anilines is 1. The number of halogens is 2. The normalized spacial score (nSPS) is 21.2. The largest absolute Gasteiger partial charge is 0.462 e. The summed E-state index contributed by atoms with van der Waals surface area (Å²) in [6.45, 7) is 13.9. The van der Waals surface area contributed by atoms with Crippen LogP contribution in [0.25, 0.3) is 32.9 Å². The summed E-state index contributed by atoms with van der Waals surface area (Å²) >= 11 is 6.95. The summed E-state index contributed by atoms with van der Waals surface area (Å²) in [5.41, 5.74) is 3.53. The molecule has 0 bridgehead atoms. The van der Waals surface area contributed by atoms with E-state index in [1.54, 1.807) is 11.0 Å². The van der Waals surface area contributed by atoms with Crippen LogP contribution in [0.3, 0.4) is 0 Å². The lowest BCUT2D eigenvalue weighted by molar-refractivity contribution is -0.128. The van der Waals surface area contributed by atoms with Crippen LogP contribution in [0, 0.1) is 19.7 Å². The monoisotopic (exact) mass is 605 g/mol. The van der Waals surface area contributed by atoms with Gasteiger partial charge in [0.1, 0.15) is 17.9 Å². The Morgan fingerprint density at radius 2 is 2.00 bits per heavy atom. The second kappa shape index (κ2) is 11.4.